The van der Waals surface area contributed by atoms with E-state index in [2.05, 4.69) is 10.1 Å². The van der Waals surface area contributed by atoms with Crippen LogP contribution in [-0.2, 0) is 9.53 Å². The summed E-state index contributed by atoms with van der Waals surface area (Å²) in [6, 6.07) is 11.9. The molecule has 0 bridgehead atoms. The number of carbonyl (C=O) groups excluding carboxylic acids is 2. The number of rotatable bonds is 5. The summed E-state index contributed by atoms with van der Waals surface area (Å²) in [4.78, 5) is 23.9. The molecular weight excluding hydrogens is 330 g/mol. The van der Waals surface area contributed by atoms with Crippen molar-refractivity contribution in [2.75, 3.05) is 12.4 Å². The van der Waals surface area contributed by atoms with E-state index in [1.54, 1.807) is 49.4 Å². The van der Waals surface area contributed by atoms with Gasteiger partial charge in [0, 0.05) is 5.69 Å². The molecule has 0 unspecified atom stereocenters. The molecule has 1 N–H and O–H groups in total. The van der Waals surface area contributed by atoms with Crippen LogP contribution in [0.15, 0.2) is 42.5 Å². The molecule has 0 saturated carbocycles. The van der Waals surface area contributed by atoms with Crippen molar-refractivity contribution >= 4 is 29.2 Å². The summed E-state index contributed by atoms with van der Waals surface area (Å²) in [5.74, 6) is -0.382. The van der Waals surface area contributed by atoms with E-state index in [-0.39, 0.29) is 5.91 Å². The van der Waals surface area contributed by atoms with Crippen LogP contribution in [0.4, 0.5) is 5.69 Å². The van der Waals surface area contributed by atoms with E-state index in [1.165, 1.54) is 7.11 Å². The van der Waals surface area contributed by atoms with Crippen molar-refractivity contribution in [2.24, 2.45) is 0 Å². The van der Waals surface area contributed by atoms with Gasteiger partial charge in [-0.15, -0.1) is 0 Å². The van der Waals surface area contributed by atoms with Gasteiger partial charge in [-0.3, -0.25) is 4.79 Å². The Morgan fingerprint density at radius 2 is 1.88 bits per heavy atom. The maximum absolute atomic E-state index is 12.3. The third kappa shape index (κ3) is 4.26. The number of methoxy groups -OCH3 is 1. The number of nitrogens with one attached hydrogen (secondary N) is 1. The van der Waals surface area contributed by atoms with Crippen LogP contribution in [0.2, 0.25) is 5.02 Å². The van der Waals surface area contributed by atoms with Gasteiger partial charge in [0.25, 0.3) is 5.91 Å². The number of para-hydroxylation sites is 1. The molecule has 5 nitrogen and oxygen atoms in total. The van der Waals surface area contributed by atoms with Crippen LogP contribution >= 0.6 is 11.6 Å². The van der Waals surface area contributed by atoms with Crippen molar-refractivity contribution in [3.8, 4) is 5.75 Å². The highest BCUT2D eigenvalue weighted by Gasteiger charge is 2.18. The molecule has 0 saturated heterocycles. The first-order valence-corrected chi connectivity index (χ1v) is 7.71. The Hall–Kier alpha value is -2.53. The van der Waals surface area contributed by atoms with E-state index in [9.17, 15) is 9.59 Å². The average Bonchev–Trinajstić information content (AvgIpc) is 2.58. The summed E-state index contributed by atoms with van der Waals surface area (Å²) in [7, 11) is 1.31. The molecule has 0 heterocycles. The van der Waals surface area contributed by atoms with E-state index in [0.29, 0.717) is 22.0 Å². The van der Waals surface area contributed by atoms with Gasteiger partial charge in [0.05, 0.1) is 17.7 Å². The number of aryl methyl sites for hydroxylation is 1. The summed E-state index contributed by atoms with van der Waals surface area (Å²) in [6.07, 6.45) is -0.758. The van der Waals surface area contributed by atoms with Crippen molar-refractivity contribution in [1.29, 1.82) is 0 Å². The third-order valence-electron chi connectivity index (χ3n) is 3.43. The zero-order valence-corrected chi connectivity index (χ0v) is 14.4. The SMILES string of the molecule is COC(=O)c1ccc(C)c(NC(=O)[C@@H](C)Oc2ccccc2Cl)c1. The van der Waals surface area contributed by atoms with Crippen molar-refractivity contribution in [1.82, 2.24) is 0 Å². The first-order valence-electron chi connectivity index (χ1n) is 7.33. The molecular formula is C18H18ClNO4. The van der Waals surface area contributed by atoms with Crippen LogP contribution in [0.3, 0.4) is 0 Å². The molecule has 6 heteroatoms. The molecule has 2 rings (SSSR count). The Labute approximate surface area is 145 Å². The Balaban J connectivity index is 2.11. The molecule has 0 fully saturated rings. The summed E-state index contributed by atoms with van der Waals surface area (Å²) < 4.78 is 10.3. The van der Waals surface area contributed by atoms with E-state index in [4.69, 9.17) is 16.3 Å². The lowest BCUT2D eigenvalue weighted by Gasteiger charge is -2.17. The van der Waals surface area contributed by atoms with Crippen LogP contribution in [-0.4, -0.2) is 25.1 Å². The minimum absolute atomic E-state index is 0.347. The van der Waals surface area contributed by atoms with Gasteiger partial charge in [-0.1, -0.05) is 29.8 Å². The minimum Gasteiger partial charge on any atom is -0.479 e. The number of hydrogen-bond donors (Lipinski definition) is 1. The summed E-state index contributed by atoms with van der Waals surface area (Å²) >= 11 is 6.02. The normalized spacial score (nSPS) is 11.5. The summed E-state index contributed by atoms with van der Waals surface area (Å²) in [6.45, 7) is 3.45. The van der Waals surface area contributed by atoms with Gasteiger partial charge in [-0.2, -0.15) is 0 Å². The van der Waals surface area contributed by atoms with E-state index >= 15 is 0 Å². The van der Waals surface area contributed by atoms with Gasteiger partial charge in [0.1, 0.15) is 5.75 Å². The van der Waals surface area contributed by atoms with Gasteiger partial charge in [-0.05, 0) is 43.7 Å². The second-order valence-electron chi connectivity index (χ2n) is 5.20. The first-order chi connectivity index (χ1) is 11.4. The van der Waals surface area contributed by atoms with Crippen molar-refractivity contribution < 1.29 is 19.1 Å². The van der Waals surface area contributed by atoms with Gasteiger partial charge in [0.2, 0.25) is 0 Å². The summed E-state index contributed by atoms with van der Waals surface area (Å²) in [5.41, 5.74) is 1.71. The minimum atomic E-state index is -0.758. The smallest absolute Gasteiger partial charge is 0.337 e. The van der Waals surface area contributed by atoms with E-state index < -0.39 is 12.1 Å². The fourth-order valence-electron chi connectivity index (χ4n) is 2.02. The molecule has 2 aromatic carbocycles. The lowest BCUT2D eigenvalue weighted by molar-refractivity contribution is -0.122. The number of hydrogen-bond acceptors (Lipinski definition) is 4. The second kappa shape index (κ2) is 7.84. The quantitative estimate of drug-likeness (QED) is 0.834. The second-order valence-corrected chi connectivity index (χ2v) is 5.61. The van der Waals surface area contributed by atoms with E-state index in [0.717, 1.165) is 5.56 Å². The molecule has 0 aromatic heterocycles. The van der Waals surface area contributed by atoms with Gasteiger partial charge < -0.3 is 14.8 Å². The number of esters is 1. The third-order valence-corrected chi connectivity index (χ3v) is 3.74. The zero-order valence-electron chi connectivity index (χ0n) is 13.6. The molecule has 0 radical (unpaired) electrons. The van der Waals surface area contributed by atoms with Crippen LogP contribution in [0.5, 0.6) is 5.75 Å². The Kier molecular flexibility index (Phi) is 5.82. The molecule has 2 aromatic rings. The van der Waals surface area contributed by atoms with Gasteiger partial charge in [-0.25, -0.2) is 4.79 Å². The van der Waals surface area contributed by atoms with Crippen LogP contribution in [0, 0.1) is 6.92 Å². The number of ether oxygens (including phenoxy) is 2. The topological polar surface area (TPSA) is 64.6 Å². The van der Waals surface area contributed by atoms with Gasteiger partial charge >= 0.3 is 5.97 Å². The molecule has 0 aliphatic heterocycles. The van der Waals surface area contributed by atoms with Crippen LogP contribution in [0.25, 0.3) is 0 Å². The molecule has 1 atom stereocenters. The molecule has 0 spiro atoms. The number of halogens is 1. The maximum Gasteiger partial charge on any atom is 0.337 e. The summed E-state index contributed by atoms with van der Waals surface area (Å²) in [5, 5.41) is 3.19. The number of carbonyl (C=O) groups is 2. The molecule has 24 heavy (non-hydrogen) atoms. The Morgan fingerprint density at radius 1 is 1.17 bits per heavy atom. The monoisotopic (exact) mass is 347 g/mol. The van der Waals surface area contributed by atoms with Crippen molar-refractivity contribution in [3.05, 3.63) is 58.6 Å². The highest BCUT2D eigenvalue weighted by Crippen LogP contribution is 2.25. The lowest BCUT2D eigenvalue weighted by Crippen LogP contribution is -2.30. The highest BCUT2D eigenvalue weighted by molar-refractivity contribution is 6.32. The maximum atomic E-state index is 12.3. The highest BCUT2D eigenvalue weighted by atomic mass is 35.5. The molecule has 0 aliphatic carbocycles. The number of anilines is 1. The largest absolute Gasteiger partial charge is 0.479 e. The molecule has 1 amide bonds. The zero-order chi connectivity index (χ0) is 17.7. The predicted molar refractivity (Wildman–Crippen MR) is 92.7 cm³/mol. The van der Waals surface area contributed by atoms with Gasteiger partial charge in [0.15, 0.2) is 6.10 Å². The average molecular weight is 348 g/mol. The van der Waals surface area contributed by atoms with Crippen molar-refractivity contribution in [2.45, 2.75) is 20.0 Å². The van der Waals surface area contributed by atoms with Crippen LogP contribution < -0.4 is 10.1 Å². The number of amides is 1. The van der Waals surface area contributed by atoms with Crippen LogP contribution in [0.1, 0.15) is 22.8 Å². The Morgan fingerprint density at radius 3 is 2.54 bits per heavy atom. The first kappa shape index (κ1) is 17.8. The van der Waals surface area contributed by atoms with E-state index in [1.807, 2.05) is 6.92 Å². The number of benzene rings is 2. The Bertz CT molecular complexity index is 760. The van der Waals surface area contributed by atoms with Crippen molar-refractivity contribution in [3.63, 3.8) is 0 Å². The molecule has 0 aliphatic rings. The standard InChI is InChI=1S/C18H18ClNO4/c1-11-8-9-13(18(22)23-3)10-15(11)20-17(21)12(2)24-16-7-5-4-6-14(16)19/h4-10,12H,1-3H3,(H,20,21)/t12-/m1/s1. The molecule has 126 valence electrons. The fourth-order valence-corrected chi connectivity index (χ4v) is 2.20. The fraction of sp³-hybridized carbons (Fsp3) is 0.222. The predicted octanol–water partition coefficient (Wildman–Crippen LogP) is 3.84. The lowest BCUT2D eigenvalue weighted by atomic mass is 10.1.